The van der Waals surface area contributed by atoms with Crippen molar-refractivity contribution < 1.29 is 4.74 Å². The maximum absolute atomic E-state index is 5.91. The molecule has 0 N–H and O–H groups in total. The van der Waals surface area contributed by atoms with Crippen LogP contribution in [0.4, 0.5) is 5.69 Å². The highest BCUT2D eigenvalue weighted by Crippen LogP contribution is 2.21. The summed E-state index contributed by atoms with van der Waals surface area (Å²) in [5, 5.41) is 0. The summed E-state index contributed by atoms with van der Waals surface area (Å²) in [4.78, 5) is 2.14. The fraction of sp³-hybridized carbons (Fsp3) is 0.250. The smallest absolute Gasteiger partial charge is 0.169 e. The Labute approximate surface area is 109 Å². The van der Waals surface area contributed by atoms with Crippen molar-refractivity contribution in [3.63, 3.8) is 0 Å². The van der Waals surface area contributed by atoms with E-state index in [0.717, 1.165) is 5.75 Å². The van der Waals surface area contributed by atoms with Crippen LogP contribution in [0.1, 0.15) is 12.5 Å². The molecule has 18 heavy (non-hydrogen) atoms. The zero-order chi connectivity index (χ0) is 13.0. The molecule has 1 unspecified atom stereocenters. The Morgan fingerprint density at radius 1 is 0.944 bits per heavy atom. The van der Waals surface area contributed by atoms with Crippen molar-refractivity contribution in [2.24, 2.45) is 0 Å². The number of benzene rings is 2. The van der Waals surface area contributed by atoms with Crippen LogP contribution < -0.4 is 9.64 Å². The molecule has 0 heterocycles. The summed E-state index contributed by atoms with van der Waals surface area (Å²) in [6, 6.07) is 18.2. The van der Waals surface area contributed by atoms with Crippen LogP contribution in [0.3, 0.4) is 0 Å². The fourth-order valence-corrected chi connectivity index (χ4v) is 1.93. The second-order valence-corrected chi connectivity index (χ2v) is 4.43. The van der Waals surface area contributed by atoms with E-state index in [1.54, 1.807) is 0 Å². The van der Waals surface area contributed by atoms with E-state index >= 15 is 0 Å². The number of nitrogens with zero attached hydrogens (tertiary/aromatic N) is 1. The van der Waals surface area contributed by atoms with E-state index in [0.29, 0.717) is 0 Å². The third kappa shape index (κ3) is 2.83. The molecule has 2 rings (SSSR count). The van der Waals surface area contributed by atoms with Crippen molar-refractivity contribution >= 4 is 5.69 Å². The van der Waals surface area contributed by atoms with Gasteiger partial charge in [0.15, 0.2) is 6.23 Å². The standard InChI is InChI=1S/C16H19NO/c1-13-9-7-8-12-16(13)17(3)14(2)18-15-10-5-4-6-11-15/h4-12,14H,1-3H3. The van der Waals surface area contributed by atoms with Gasteiger partial charge in [-0.15, -0.1) is 0 Å². The average Bonchev–Trinajstić information content (AvgIpc) is 2.39. The molecule has 0 saturated carbocycles. The van der Waals surface area contributed by atoms with Crippen molar-refractivity contribution in [2.45, 2.75) is 20.1 Å². The lowest BCUT2D eigenvalue weighted by Crippen LogP contribution is -2.34. The first kappa shape index (κ1) is 12.5. The highest BCUT2D eigenvalue weighted by Gasteiger charge is 2.12. The van der Waals surface area contributed by atoms with Crippen LogP contribution >= 0.6 is 0 Å². The zero-order valence-electron chi connectivity index (χ0n) is 11.1. The number of aryl methyl sites for hydroxylation is 1. The number of anilines is 1. The monoisotopic (exact) mass is 241 g/mol. The number of hydrogen-bond acceptors (Lipinski definition) is 2. The predicted molar refractivity (Wildman–Crippen MR) is 76.1 cm³/mol. The van der Waals surface area contributed by atoms with Gasteiger partial charge in [0, 0.05) is 12.7 Å². The fourth-order valence-electron chi connectivity index (χ4n) is 1.93. The maximum Gasteiger partial charge on any atom is 0.169 e. The number of ether oxygens (including phenoxy) is 1. The highest BCUT2D eigenvalue weighted by molar-refractivity contribution is 5.52. The van der Waals surface area contributed by atoms with Crippen molar-refractivity contribution in [3.8, 4) is 5.75 Å². The van der Waals surface area contributed by atoms with Crippen LogP contribution in [0.25, 0.3) is 0 Å². The SMILES string of the molecule is Cc1ccccc1N(C)C(C)Oc1ccccc1. The Morgan fingerprint density at radius 3 is 2.22 bits per heavy atom. The molecule has 0 fully saturated rings. The minimum atomic E-state index is -0.00602. The molecule has 0 aliphatic rings. The van der Waals surface area contributed by atoms with E-state index < -0.39 is 0 Å². The summed E-state index contributed by atoms with van der Waals surface area (Å²) in [5.41, 5.74) is 2.45. The molecule has 0 spiro atoms. The molecule has 0 aromatic heterocycles. The Bertz CT molecular complexity index is 495. The average molecular weight is 241 g/mol. The van der Waals surface area contributed by atoms with Crippen molar-refractivity contribution in [3.05, 3.63) is 60.2 Å². The lowest BCUT2D eigenvalue weighted by molar-refractivity contribution is 0.221. The van der Waals surface area contributed by atoms with E-state index in [4.69, 9.17) is 4.74 Å². The van der Waals surface area contributed by atoms with Crippen LogP contribution in [-0.2, 0) is 0 Å². The van der Waals surface area contributed by atoms with E-state index in [1.165, 1.54) is 11.3 Å². The van der Waals surface area contributed by atoms with Crippen LogP contribution in [0.2, 0.25) is 0 Å². The van der Waals surface area contributed by atoms with Crippen molar-refractivity contribution in [1.82, 2.24) is 0 Å². The van der Waals surface area contributed by atoms with Gasteiger partial charge in [0.25, 0.3) is 0 Å². The molecule has 2 nitrogen and oxygen atoms in total. The van der Waals surface area contributed by atoms with Gasteiger partial charge >= 0.3 is 0 Å². The van der Waals surface area contributed by atoms with Gasteiger partial charge in [0.05, 0.1) is 0 Å². The molecule has 0 saturated heterocycles. The van der Waals surface area contributed by atoms with E-state index in [9.17, 15) is 0 Å². The molecule has 2 aromatic carbocycles. The molecule has 0 radical (unpaired) electrons. The van der Waals surface area contributed by atoms with Gasteiger partial charge in [-0.1, -0.05) is 36.4 Å². The minimum absolute atomic E-state index is 0.00602. The molecule has 94 valence electrons. The Morgan fingerprint density at radius 2 is 1.56 bits per heavy atom. The Balaban J connectivity index is 2.10. The second kappa shape index (κ2) is 5.58. The molecule has 0 aliphatic heterocycles. The second-order valence-electron chi connectivity index (χ2n) is 4.43. The van der Waals surface area contributed by atoms with E-state index in [2.05, 4.69) is 44.0 Å². The predicted octanol–water partition coefficient (Wildman–Crippen LogP) is 3.86. The molecule has 2 heteroatoms. The van der Waals surface area contributed by atoms with Crippen molar-refractivity contribution in [1.29, 1.82) is 0 Å². The first-order valence-corrected chi connectivity index (χ1v) is 6.18. The molecule has 1 atom stereocenters. The summed E-state index contributed by atoms with van der Waals surface area (Å²) >= 11 is 0. The summed E-state index contributed by atoms with van der Waals surface area (Å²) < 4.78 is 5.91. The number of rotatable bonds is 4. The summed E-state index contributed by atoms with van der Waals surface area (Å²) in [7, 11) is 2.05. The van der Waals surface area contributed by atoms with Crippen LogP contribution in [0.15, 0.2) is 54.6 Å². The van der Waals surface area contributed by atoms with Gasteiger partial charge in [-0.3, -0.25) is 0 Å². The summed E-state index contributed by atoms with van der Waals surface area (Å²) in [6.07, 6.45) is -0.00602. The maximum atomic E-state index is 5.91. The van der Waals surface area contributed by atoms with Crippen molar-refractivity contribution in [2.75, 3.05) is 11.9 Å². The first-order valence-electron chi connectivity index (χ1n) is 6.18. The van der Waals surface area contributed by atoms with E-state index in [-0.39, 0.29) is 6.23 Å². The lowest BCUT2D eigenvalue weighted by atomic mass is 10.2. The highest BCUT2D eigenvalue weighted by atomic mass is 16.5. The van der Waals surface area contributed by atoms with E-state index in [1.807, 2.05) is 36.4 Å². The molecule has 0 aliphatic carbocycles. The molecule has 2 aromatic rings. The molecular weight excluding hydrogens is 222 g/mol. The third-order valence-electron chi connectivity index (χ3n) is 3.09. The Kier molecular flexibility index (Phi) is 3.88. The molecular formula is C16H19NO. The van der Waals surface area contributed by atoms with Gasteiger partial charge in [0.2, 0.25) is 0 Å². The minimum Gasteiger partial charge on any atom is -0.471 e. The van der Waals surface area contributed by atoms with Crippen LogP contribution in [-0.4, -0.2) is 13.3 Å². The topological polar surface area (TPSA) is 12.5 Å². The molecule has 0 bridgehead atoms. The van der Waals surface area contributed by atoms with Gasteiger partial charge in [-0.2, -0.15) is 0 Å². The van der Waals surface area contributed by atoms with Gasteiger partial charge in [-0.25, -0.2) is 0 Å². The Hall–Kier alpha value is -1.96. The quantitative estimate of drug-likeness (QED) is 0.754. The van der Waals surface area contributed by atoms with Gasteiger partial charge in [-0.05, 0) is 37.6 Å². The lowest BCUT2D eigenvalue weighted by Gasteiger charge is -2.28. The van der Waals surface area contributed by atoms with Crippen LogP contribution in [0.5, 0.6) is 5.75 Å². The van der Waals surface area contributed by atoms with Gasteiger partial charge in [0.1, 0.15) is 5.75 Å². The van der Waals surface area contributed by atoms with Gasteiger partial charge < -0.3 is 9.64 Å². The molecule has 0 amide bonds. The zero-order valence-corrected chi connectivity index (χ0v) is 11.1. The summed E-state index contributed by atoms with van der Waals surface area (Å²) in [6.45, 7) is 4.17. The third-order valence-corrected chi connectivity index (χ3v) is 3.09. The van der Waals surface area contributed by atoms with Crippen LogP contribution in [0, 0.1) is 6.92 Å². The largest absolute Gasteiger partial charge is 0.471 e. The summed E-state index contributed by atoms with van der Waals surface area (Å²) in [5.74, 6) is 0.894. The first-order chi connectivity index (χ1) is 8.68. The number of para-hydroxylation sites is 2. The number of hydrogen-bond donors (Lipinski definition) is 0. The normalized spacial score (nSPS) is 11.9.